The van der Waals surface area contributed by atoms with E-state index in [4.69, 9.17) is 4.74 Å². The zero-order valence-electron chi connectivity index (χ0n) is 11.8. The second kappa shape index (κ2) is 6.50. The summed E-state index contributed by atoms with van der Waals surface area (Å²) >= 11 is 0. The topological polar surface area (TPSA) is 51.5 Å². The summed E-state index contributed by atoms with van der Waals surface area (Å²) in [7, 11) is 1.60. The van der Waals surface area contributed by atoms with Crippen molar-refractivity contribution in [1.29, 1.82) is 0 Å². The fourth-order valence-electron chi connectivity index (χ4n) is 2.12. The van der Waals surface area contributed by atoms with Crippen molar-refractivity contribution in [2.24, 2.45) is 0 Å². The third-order valence-corrected chi connectivity index (χ3v) is 3.29. The minimum absolute atomic E-state index is 0.164. The minimum atomic E-state index is -0.250. The second-order valence-corrected chi connectivity index (χ2v) is 4.72. The zero-order chi connectivity index (χ0) is 14.5. The molecule has 2 aromatic rings. The van der Waals surface area contributed by atoms with Gasteiger partial charge in [-0.2, -0.15) is 0 Å². The largest absolute Gasteiger partial charge is 0.391 e. The van der Waals surface area contributed by atoms with Gasteiger partial charge < -0.3 is 14.4 Å². The normalized spacial score (nSPS) is 10.8. The van der Waals surface area contributed by atoms with E-state index in [1.807, 2.05) is 37.3 Å². The fraction of sp³-hybridized carbons (Fsp3) is 0.312. The molecule has 0 aliphatic carbocycles. The van der Waals surface area contributed by atoms with E-state index in [2.05, 4.69) is 0 Å². The lowest BCUT2D eigenvalue weighted by molar-refractivity contribution is 0.186. The van der Waals surface area contributed by atoms with Crippen LogP contribution < -0.4 is 5.56 Å². The maximum Gasteiger partial charge on any atom is 0.256 e. The lowest BCUT2D eigenvalue weighted by Gasteiger charge is -2.14. The Kier molecular flexibility index (Phi) is 4.71. The van der Waals surface area contributed by atoms with Crippen LogP contribution in [-0.2, 0) is 17.9 Å². The number of methoxy groups -OCH3 is 1. The number of nitrogens with zero attached hydrogens (tertiary/aromatic N) is 1. The summed E-state index contributed by atoms with van der Waals surface area (Å²) in [6.07, 6.45) is 0. The van der Waals surface area contributed by atoms with Gasteiger partial charge in [-0.25, -0.2) is 0 Å². The summed E-state index contributed by atoms with van der Waals surface area (Å²) in [4.78, 5) is 12.3. The molecule has 0 saturated carbocycles. The fourth-order valence-corrected chi connectivity index (χ4v) is 2.12. The van der Waals surface area contributed by atoms with Gasteiger partial charge in [0.05, 0.1) is 18.9 Å². The van der Waals surface area contributed by atoms with Crippen molar-refractivity contribution in [3.05, 3.63) is 57.9 Å². The average molecular weight is 273 g/mol. The molecule has 0 aliphatic heterocycles. The van der Waals surface area contributed by atoms with Gasteiger partial charge in [0, 0.05) is 19.2 Å². The maximum absolute atomic E-state index is 12.3. The van der Waals surface area contributed by atoms with Gasteiger partial charge in [0.2, 0.25) is 0 Å². The number of aromatic nitrogens is 1. The molecule has 1 aromatic heterocycles. The number of benzene rings is 1. The van der Waals surface area contributed by atoms with Gasteiger partial charge >= 0.3 is 0 Å². The first kappa shape index (κ1) is 14.5. The van der Waals surface area contributed by atoms with Crippen molar-refractivity contribution >= 4 is 0 Å². The van der Waals surface area contributed by atoms with Crippen LogP contribution in [0.4, 0.5) is 0 Å². The predicted molar refractivity (Wildman–Crippen MR) is 78.7 cm³/mol. The van der Waals surface area contributed by atoms with Gasteiger partial charge in [-0.1, -0.05) is 29.8 Å². The molecule has 0 spiro atoms. The molecular formula is C16H19NO3. The Morgan fingerprint density at radius 1 is 1.15 bits per heavy atom. The predicted octanol–water partition coefficient (Wildman–Crippen LogP) is 1.96. The van der Waals surface area contributed by atoms with Gasteiger partial charge in [0.1, 0.15) is 0 Å². The van der Waals surface area contributed by atoms with Crippen LogP contribution in [0.2, 0.25) is 0 Å². The summed E-state index contributed by atoms with van der Waals surface area (Å²) < 4.78 is 6.71. The van der Waals surface area contributed by atoms with E-state index in [9.17, 15) is 9.90 Å². The Morgan fingerprint density at radius 2 is 1.85 bits per heavy atom. The van der Waals surface area contributed by atoms with Crippen molar-refractivity contribution in [2.45, 2.75) is 20.1 Å². The first-order valence-corrected chi connectivity index (χ1v) is 6.57. The van der Waals surface area contributed by atoms with Gasteiger partial charge in [0.15, 0.2) is 0 Å². The molecule has 4 nitrogen and oxygen atoms in total. The molecule has 2 rings (SSSR count). The molecule has 0 atom stereocenters. The first-order chi connectivity index (χ1) is 9.67. The van der Waals surface area contributed by atoms with Crippen LogP contribution in [0.1, 0.15) is 11.1 Å². The highest BCUT2D eigenvalue weighted by Crippen LogP contribution is 2.19. The molecule has 1 aromatic carbocycles. The van der Waals surface area contributed by atoms with Crippen LogP contribution in [0.15, 0.2) is 41.2 Å². The van der Waals surface area contributed by atoms with Crippen LogP contribution in [0.3, 0.4) is 0 Å². The summed E-state index contributed by atoms with van der Waals surface area (Å²) in [5, 5.41) is 9.22. The molecule has 0 fully saturated rings. The lowest BCUT2D eigenvalue weighted by atomic mass is 10.1. The zero-order valence-corrected chi connectivity index (χ0v) is 11.8. The molecule has 0 saturated heterocycles. The van der Waals surface area contributed by atoms with Crippen LogP contribution >= 0.6 is 0 Å². The number of ether oxygens (including phenoxy) is 1. The first-order valence-electron chi connectivity index (χ1n) is 6.57. The van der Waals surface area contributed by atoms with Crippen LogP contribution in [0.5, 0.6) is 0 Å². The molecule has 4 heteroatoms. The number of pyridine rings is 1. The summed E-state index contributed by atoms with van der Waals surface area (Å²) in [6, 6.07) is 11.6. The van der Waals surface area contributed by atoms with E-state index in [0.29, 0.717) is 18.7 Å². The van der Waals surface area contributed by atoms with Crippen molar-refractivity contribution in [2.75, 3.05) is 13.7 Å². The molecule has 1 N–H and O–H groups in total. The number of aryl methyl sites for hydroxylation is 1. The quantitative estimate of drug-likeness (QED) is 0.906. The molecule has 20 heavy (non-hydrogen) atoms. The average Bonchev–Trinajstić information content (AvgIpc) is 2.47. The number of hydrogen-bond donors (Lipinski definition) is 1. The molecule has 0 aliphatic rings. The number of aliphatic hydroxyl groups excluding tert-OH is 1. The van der Waals surface area contributed by atoms with Crippen molar-refractivity contribution in [3.63, 3.8) is 0 Å². The van der Waals surface area contributed by atoms with Crippen LogP contribution in [-0.4, -0.2) is 23.4 Å². The monoisotopic (exact) mass is 273 g/mol. The number of hydrogen-bond acceptors (Lipinski definition) is 3. The van der Waals surface area contributed by atoms with Crippen molar-refractivity contribution in [3.8, 4) is 11.3 Å². The summed E-state index contributed by atoms with van der Waals surface area (Å²) in [5.41, 5.74) is 3.23. The van der Waals surface area contributed by atoms with Gasteiger partial charge in [-0.05, 0) is 24.6 Å². The highest BCUT2D eigenvalue weighted by Gasteiger charge is 2.09. The van der Waals surface area contributed by atoms with Crippen LogP contribution in [0, 0.1) is 6.92 Å². The maximum atomic E-state index is 12.3. The SMILES string of the molecule is COCCn1c(-c2ccc(C)cc2)ccc(CO)c1=O. The van der Waals surface area contributed by atoms with Gasteiger partial charge in [-0.15, -0.1) is 0 Å². The van der Waals surface area contributed by atoms with Gasteiger partial charge in [-0.3, -0.25) is 4.79 Å². The smallest absolute Gasteiger partial charge is 0.256 e. The highest BCUT2D eigenvalue weighted by molar-refractivity contribution is 5.60. The van der Waals surface area contributed by atoms with Crippen LogP contribution in [0.25, 0.3) is 11.3 Å². The molecule has 106 valence electrons. The van der Waals surface area contributed by atoms with Crippen molar-refractivity contribution in [1.82, 2.24) is 4.57 Å². The molecule has 0 amide bonds. The second-order valence-electron chi connectivity index (χ2n) is 4.72. The molecular weight excluding hydrogens is 254 g/mol. The standard InChI is InChI=1S/C16H19NO3/c1-12-3-5-13(6-4-12)15-8-7-14(11-18)16(19)17(15)9-10-20-2/h3-8,18H,9-11H2,1-2H3. The van der Waals surface area contributed by atoms with E-state index in [1.165, 1.54) is 5.56 Å². The Bertz CT molecular complexity index is 629. The van der Waals surface area contributed by atoms with E-state index < -0.39 is 0 Å². The third-order valence-electron chi connectivity index (χ3n) is 3.29. The lowest BCUT2D eigenvalue weighted by Crippen LogP contribution is -2.26. The Hall–Kier alpha value is -1.91. The number of rotatable bonds is 5. The van der Waals surface area contributed by atoms with E-state index in [1.54, 1.807) is 17.7 Å². The van der Waals surface area contributed by atoms with Gasteiger partial charge in [0.25, 0.3) is 5.56 Å². The molecule has 0 radical (unpaired) electrons. The van der Waals surface area contributed by atoms with E-state index >= 15 is 0 Å². The molecule has 0 unspecified atom stereocenters. The summed E-state index contributed by atoms with van der Waals surface area (Å²) in [5.74, 6) is 0. The minimum Gasteiger partial charge on any atom is -0.391 e. The number of aliphatic hydroxyl groups is 1. The molecule has 1 heterocycles. The highest BCUT2D eigenvalue weighted by atomic mass is 16.5. The Morgan fingerprint density at radius 3 is 2.45 bits per heavy atom. The van der Waals surface area contributed by atoms with E-state index in [0.717, 1.165) is 11.3 Å². The Balaban J connectivity index is 2.54. The third kappa shape index (κ3) is 2.98. The molecule has 0 bridgehead atoms. The van der Waals surface area contributed by atoms with Crippen molar-refractivity contribution < 1.29 is 9.84 Å². The summed E-state index contributed by atoms with van der Waals surface area (Å²) in [6.45, 7) is 2.69. The van der Waals surface area contributed by atoms with E-state index in [-0.39, 0.29) is 12.2 Å². The Labute approximate surface area is 118 Å².